The molecule has 0 unspecified atom stereocenters. The fourth-order valence-electron chi connectivity index (χ4n) is 1.34. The van der Waals surface area contributed by atoms with Crippen molar-refractivity contribution in [2.24, 2.45) is 0 Å². The third kappa shape index (κ3) is 2.78. The van der Waals surface area contributed by atoms with Crippen molar-refractivity contribution in [3.05, 3.63) is 54.3 Å². The number of nitrogen functional groups attached to an aromatic ring is 1. The summed E-state index contributed by atoms with van der Waals surface area (Å²) >= 11 is 0. The molecule has 94 valence electrons. The van der Waals surface area contributed by atoms with E-state index in [0.717, 1.165) is 24.3 Å². The van der Waals surface area contributed by atoms with Crippen molar-refractivity contribution in [1.82, 2.24) is 0 Å². The predicted molar refractivity (Wildman–Crippen MR) is 65.1 cm³/mol. The van der Waals surface area contributed by atoms with E-state index in [1.54, 1.807) is 12.1 Å². The Balaban J connectivity index is 2.30. The van der Waals surface area contributed by atoms with Gasteiger partial charge in [0, 0.05) is 11.8 Å². The Labute approximate surface area is 104 Å². The minimum atomic E-state index is -3.97. The van der Waals surface area contributed by atoms with Gasteiger partial charge in [-0.2, -0.15) is 8.42 Å². The second-order valence-corrected chi connectivity index (χ2v) is 5.11. The zero-order valence-corrected chi connectivity index (χ0v) is 10.0. The second kappa shape index (κ2) is 4.66. The maximum atomic E-state index is 12.7. The predicted octanol–water partition coefficient (Wildman–Crippen LogP) is 2.18. The number of halogens is 1. The van der Waals surface area contributed by atoms with E-state index in [-0.39, 0.29) is 10.6 Å². The standard InChI is InChI=1S/C12H10FNO3S/c13-9-4-6-12(7-5-9)18(15,16)17-11-3-1-2-10(14)8-11/h1-8H,14H2. The van der Waals surface area contributed by atoms with Crippen LogP contribution < -0.4 is 9.92 Å². The van der Waals surface area contributed by atoms with Gasteiger partial charge in [-0.15, -0.1) is 0 Å². The smallest absolute Gasteiger partial charge is 0.339 e. The van der Waals surface area contributed by atoms with Gasteiger partial charge in [0.2, 0.25) is 0 Å². The Hall–Kier alpha value is -2.08. The molecular formula is C12H10FNO3S. The van der Waals surface area contributed by atoms with Gasteiger partial charge in [0.15, 0.2) is 0 Å². The molecule has 0 aromatic heterocycles. The third-order valence-electron chi connectivity index (χ3n) is 2.17. The second-order valence-electron chi connectivity index (χ2n) is 3.56. The van der Waals surface area contributed by atoms with Crippen LogP contribution in [0.15, 0.2) is 53.4 Å². The Morgan fingerprint density at radius 1 is 1.06 bits per heavy atom. The molecule has 0 fully saturated rings. The average Bonchev–Trinajstić information content (AvgIpc) is 2.29. The Bertz CT molecular complexity index is 653. The minimum absolute atomic E-state index is 0.110. The lowest BCUT2D eigenvalue weighted by atomic mass is 10.3. The molecule has 0 saturated carbocycles. The molecule has 0 aliphatic heterocycles. The third-order valence-corrected chi connectivity index (χ3v) is 3.43. The highest BCUT2D eigenvalue weighted by molar-refractivity contribution is 7.87. The van der Waals surface area contributed by atoms with Crippen molar-refractivity contribution in [3.8, 4) is 5.75 Å². The molecule has 2 aromatic carbocycles. The van der Waals surface area contributed by atoms with E-state index in [9.17, 15) is 12.8 Å². The molecule has 2 aromatic rings. The molecule has 18 heavy (non-hydrogen) atoms. The molecule has 0 aliphatic carbocycles. The number of benzene rings is 2. The van der Waals surface area contributed by atoms with Crippen LogP contribution in [0.3, 0.4) is 0 Å². The first-order valence-electron chi connectivity index (χ1n) is 5.03. The van der Waals surface area contributed by atoms with Crippen molar-refractivity contribution < 1.29 is 17.0 Å². The number of anilines is 1. The van der Waals surface area contributed by atoms with E-state index in [0.29, 0.717) is 5.69 Å². The molecule has 0 bridgehead atoms. The van der Waals surface area contributed by atoms with Crippen LogP contribution in [-0.4, -0.2) is 8.42 Å². The van der Waals surface area contributed by atoms with Crippen LogP contribution in [0, 0.1) is 5.82 Å². The van der Waals surface area contributed by atoms with Gasteiger partial charge in [-0.3, -0.25) is 0 Å². The van der Waals surface area contributed by atoms with E-state index in [1.807, 2.05) is 0 Å². The Kier molecular flexibility index (Phi) is 3.20. The highest BCUT2D eigenvalue weighted by Gasteiger charge is 2.16. The topological polar surface area (TPSA) is 69.4 Å². The van der Waals surface area contributed by atoms with Crippen molar-refractivity contribution in [3.63, 3.8) is 0 Å². The summed E-state index contributed by atoms with van der Waals surface area (Å²) in [6, 6.07) is 10.4. The van der Waals surface area contributed by atoms with Gasteiger partial charge in [-0.1, -0.05) is 6.07 Å². The molecule has 6 heteroatoms. The van der Waals surface area contributed by atoms with Crippen LogP contribution >= 0.6 is 0 Å². The summed E-state index contributed by atoms with van der Waals surface area (Å²) in [7, 11) is -3.97. The Morgan fingerprint density at radius 2 is 1.72 bits per heavy atom. The fraction of sp³-hybridized carbons (Fsp3) is 0. The summed E-state index contributed by atoms with van der Waals surface area (Å²) in [6.07, 6.45) is 0. The van der Waals surface area contributed by atoms with Gasteiger partial charge in [-0.05, 0) is 36.4 Å². The molecule has 2 rings (SSSR count). The molecule has 0 saturated heterocycles. The maximum Gasteiger partial charge on any atom is 0.339 e. The summed E-state index contributed by atoms with van der Waals surface area (Å²) in [6.45, 7) is 0. The van der Waals surface area contributed by atoms with Gasteiger partial charge in [0.05, 0.1) is 0 Å². The van der Waals surface area contributed by atoms with Crippen LogP contribution in [0.4, 0.5) is 10.1 Å². The quantitative estimate of drug-likeness (QED) is 0.683. The highest BCUT2D eigenvalue weighted by Crippen LogP contribution is 2.20. The summed E-state index contributed by atoms with van der Waals surface area (Å²) < 4.78 is 41.3. The summed E-state index contributed by atoms with van der Waals surface area (Å²) in [5.74, 6) is -0.405. The van der Waals surface area contributed by atoms with Crippen molar-refractivity contribution >= 4 is 15.8 Å². The van der Waals surface area contributed by atoms with E-state index in [4.69, 9.17) is 9.92 Å². The number of hydrogen-bond donors (Lipinski definition) is 1. The zero-order valence-electron chi connectivity index (χ0n) is 9.21. The largest absolute Gasteiger partial charge is 0.399 e. The average molecular weight is 267 g/mol. The van der Waals surface area contributed by atoms with Crippen LogP contribution in [0.25, 0.3) is 0 Å². The molecule has 4 nitrogen and oxygen atoms in total. The molecule has 0 radical (unpaired) electrons. The lowest BCUT2D eigenvalue weighted by Crippen LogP contribution is -2.09. The van der Waals surface area contributed by atoms with Crippen molar-refractivity contribution in [2.45, 2.75) is 4.90 Å². The molecule has 0 aliphatic rings. The van der Waals surface area contributed by atoms with Crippen LogP contribution in [0.2, 0.25) is 0 Å². The molecule has 0 heterocycles. The van der Waals surface area contributed by atoms with Crippen LogP contribution in [0.5, 0.6) is 5.75 Å². The monoisotopic (exact) mass is 267 g/mol. The molecule has 0 atom stereocenters. The van der Waals surface area contributed by atoms with E-state index in [1.165, 1.54) is 12.1 Å². The van der Waals surface area contributed by atoms with Crippen molar-refractivity contribution in [2.75, 3.05) is 5.73 Å². The first-order chi connectivity index (χ1) is 8.47. The lowest BCUT2D eigenvalue weighted by Gasteiger charge is -2.07. The molecular weight excluding hydrogens is 257 g/mol. The molecule has 0 spiro atoms. The van der Waals surface area contributed by atoms with Gasteiger partial charge < -0.3 is 9.92 Å². The van der Waals surface area contributed by atoms with Crippen molar-refractivity contribution in [1.29, 1.82) is 0 Å². The van der Waals surface area contributed by atoms with Gasteiger partial charge in [-0.25, -0.2) is 4.39 Å². The minimum Gasteiger partial charge on any atom is -0.399 e. The van der Waals surface area contributed by atoms with E-state index >= 15 is 0 Å². The summed E-state index contributed by atoms with van der Waals surface area (Å²) in [4.78, 5) is -0.119. The van der Waals surface area contributed by atoms with Crippen LogP contribution in [0.1, 0.15) is 0 Å². The first kappa shape index (κ1) is 12.4. The molecule has 0 amide bonds. The number of nitrogens with two attached hydrogens (primary N) is 1. The Morgan fingerprint density at radius 3 is 2.33 bits per heavy atom. The summed E-state index contributed by atoms with van der Waals surface area (Å²) in [5.41, 5.74) is 5.90. The number of rotatable bonds is 3. The van der Waals surface area contributed by atoms with E-state index in [2.05, 4.69) is 0 Å². The van der Waals surface area contributed by atoms with Gasteiger partial charge in [0.25, 0.3) is 0 Å². The van der Waals surface area contributed by atoms with Crippen LogP contribution in [-0.2, 0) is 10.1 Å². The first-order valence-corrected chi connectivity index (χ1v) is 6.44. The summed E-state index contributed by atoms with van der Waals surface area (Å²) in [5, 5.41) is 0. The molecule has 2 N–H and O–H groups in total. The normalized spacial score (nSPS) is 11.2. The zero-order chi connectivity index (χ0) is 13.2. The SMILES string of the molecule is Nc1cccc(OS(=O)(=O)c2ccc(F)cc2)c1. The number of hydrogen-bond acceptors (Lipinski definition) is 4. The lowest BCUT2D eigenvalue weighted by molar-refractivity contribution is 0.486. The fourth-order valence-corrected chi connectivity index (χ4v) is 2.27. The van der Waals surface area contributed by atoms with Gasteiger partial charge >= 0.3 is 10.1 Å². The maximum absolute atomic E-state index is 12.7. The van der Waals surface area contributed by atoms with Gasteiger partial charge in [0.1, 0.15) is 16.5 Å². The highest BCUT2D eigenvalue weighted by atomic mass is 32.2. The van der Waals surface area contributed by atoms with E-state index < -0.39 is 15.9 Å².